The molecule has 1 aliphatic carbocycles. The monoisotopic (exact) mass is 284 g/mol. The Morgan fingerprint density at radius 3 is 2.48 bits per heavy atom. The van der Waals surface area contributed by atoms with Crippen LogP contribution in [0, 0.1) is 12.8 Å². The molecule has 1 fully saturated rings. The highest BCUT2D eigenvalue weighted by atomic mass is 15.3. The normalized spacial score (nSPS) is 24.3. The molecule has 2 aliphatic rings. The second kappa shape index (κ2) is 7.24. The van der Waals surface area contributed by atoms with Crippen LogP contribution in [-0.4, -0.2) is 42.5 Å². The molecule has 1 saturated heterocycles. The average Bonchev–Trinajstić information content (AvgIpc) is 2.52. The van der Waals surface area contributed by atoms with E-state index in [0.717, 1.165) is 12.5 Å². The van der Waals surface area contributed by atoms with Crippen molar-refractivity contribution in [3.8, 4) is 0 Å². The molecule has 114 valence electrons. The Morgan fingerprint density at radius 1 is 1.00 bits per heavy atom. The van der Waals surface area contributed by atoms with Crippen molar-refractivity contribution in [2.24, 2.45) is 5.92 Å². The van der Waals surface area contributed by atoms with Crippen molar-refractivity contribution in [1.29, 1.82) is 0 Å². The highest BCUT2D eigenvalue weighted by Gasteiger charge is 2.20. The molecule has 0 unspecified atom stereocenters. The first-order valence-electron chi connectivity index (χ1n) is 8.45. The van der Waals surface area contributed by atoms with E-state index in [9.17, 15) is 0 Å². The van der Waals surface area contributed by atoms with Gasteiger partial charge in [-0.1, -0.05) is 36.4 Å². The Hall–Kier alpha value is -1.12. The molecular weight excluding hydrogens is 256 g/mol. The van der Waals surface area contributed by atoms with Gasteiger partial charge in [0.1, 0.15) is 0 Å². The maximum Gasteiger partial charge on any atom is 0.0237 e. The van der Waals surface area contributed by atoms with E-state index in [0.29, 0.717) is 0 Å². The third kappa shape index (κ3) is 4.18. The van der Waals surface area contributed by atoms with Crippen molar-refractivity contribution < 1.29 is 0 Å². The molecule has 2 heteroatoms. The minimum atomic E-state index is 0.901. The van der Waals surface area contributed by atoms with Crippen LogP contribution in [0.15, 0.2) is 36.4 Å². The van der Waals surface area contributed by atoms with Gasteiger partial charge in [0, 0.05) is 39.3 Å². The van der Waals surface area contributed by atoms with Crippen LogP contribution in [-0.2, 0) is 6.54 Å². The van der Waals surface area contributed by atoms with E-state index in [1.54, 1.807) is 0 Å². The van der Waals surface area contributed by atoms with Crippen LogP contribution in [0.25, 0.3) is 0 Å². The Morgan fingerprint density at radius 2 is 1.76 bits per heavy atom. The van der Waals surface area contributed by atoms with Gasteiger partial charge in [0.15, 0.2) is 0 Å². The fourth-order valence-electron chi connectivity index (χ4n) is 3.55. The van der Waals surface area contributed by atoms with Gasteiger partial charge in [-0.25, -0.2) is 0 Å². The molecular formula is C19H28N2. The summed E-state index contributed by atoms with van der Waals surface area (Å²) < 4.78 is 0. The number of allylic oxidation sites excluding steroid dienone is 2. The summed E-state index contributed by atoms with van der Waals surface area (Å²) in [6, 6.07) is 8.79. The van der Waals surface area contributed by atoms with E-state index in [1.807, 2.05) is 0 Å². The number of rotatable bonds is 4. The predicted octanol–water partition coefficient (Wildman–Crippen LogP) is 3.47. The fourth-order valence-corrected chi connectivity index (χ4v) is 3.55. The van der Waals surface area contributed by atoms with Gasteiger partial charge in [0.2, 0.25) is 0 Å². The molecule has 1 aromatic carbocycles. The van der Waals surface area contributed by atoms with Crippen molar-refractivity contribution in [1.82, 2.24) is 9.80 Å². The summed E-state index contributed by atoms with van der Waals surface area (Å²) in [4.78, 5) is 5.29. The number of benzene rings is 1. The lowest BCUT2D eigenvalue weighted by molar-refractivity contribution is 0.111. The summed E-state index contributed by atoms with van der Waals surface area (Å²) in [6.07, 6.45) is 8.69. The quantitative estimate of drug-likeness (QED) is 0.781. The van der Waals surface area contributed by atoms with Crippen molar-refractivity contribution >= 4 is 0 Å². The lowest BCUT2D eigenvalue weighted by atomic mass is 9.94. The van der Waals surface area contributed by atoms with Crippen molar-refractivity contribution in [2.45, 2.75) is 32.7 Å². The zero-order valence-electron chi connectivity index (χ0n) is 13.3. The van der Waals surface area contributed by atoms with E-state index in [4.69, 9.17) is 0 Å². The summed E-state index contributed by atoms with van der Waals surface area (Å²) in [7, 11) is 0. The Labute approximate surface area is 129 Å². The lowest BCUT2D eigenvalue weighted by Gasteiger charge is -2.37. The predicted molar refractivity (Wildman–Crippen MR) is 89.4 cm³/mol. The molecule has 0 radical (unpaired) electrons. The first-order chi connectivity index (χ1) is 10.3. The maximum absolute atomic E-state index is 2.68. The average molecular weight is 284 g/mol. The molecule has 0 spiro atoms. The van der Waals surface area contributed by atoms with E-state index < -0.39 is 0 Å². The minimum Gasteiger partial charge on any atom is -0.301 e. The van der Waals surface area contributed by atoms with E-state index in [-0.39, 0.29) is 0 Å². The molecule has 1 atom stereocenters. The van der Waals surface area contributed by atoms with Gasteiger partial charge < -0.3 is 4.90 Å². The van der Waals surface area contributed by atoms with Crippen molar-refractivity contribution in [3.05, 3.63) is 47.5 Å². The van der Waals surface area contributed by atoms with Crippen LogP contribution in [0.1, 0.15) is 30.4 Å². The topological polar surface area (TPSA) is 6.48 Å². The van der Waals surface area contributed by atoms with Crippen LogP contribution in [0.2, 0.25) is 0 Å². The zero-order valence-corrected chi connectivity index (χ0v) is 13.3. The van der Waals surface area contributed by atoms with Crippen molar-refractivity contribution in [3.63, 3.8) is 0 Å². The second-order valence-electron chi connectivity index (χ2n) is 6.65. The van der Waals surface area contributed by atoms with Gasteiger partial charge in [-0.2, -0.15) is 0 Å². The second-order valence-corrected chi connectivity index (χ2v) is 6.65. The molecule has 0 bridgehead atoms. The molecule has 1 aromatic rings. The molecule has 0 N–H and O–H groups in total. The Balaban J connectivity index is 1.44. The van der Waals surface area contributed by atoms with Gasteiger partial charge in [-0.05, 0) is 43.2 Å². The number of hydrogen-bond acceptors (Lipinski definition) is 2. The SMILES string of the molecule is Cc1ccccc1CN1CCN(C[C@@H]2CC=CCC2)CC1. The summed E-state index contributed by atoms with van der Waals surface area (Å²) >= 11 is 0. The van der Waals surface area contributed by atoms with E-state index in [1.165, 1.54) is 63.1 Å². The largest absolute Gasteiger partial charge is 0.301 e. The lowest BCUT2D eigenvalue weighted by Crippen LogP contribution is -2.47. The molecule has 21 heavy (non-hydrogen) atoms. The van der Waals surface area contributed by atoms with Crippen LogP contribution < -0.4 is 0 Å². The zero-order chi connectivity index (χ0) is 14.5. The van der Waals surface area contributed by atoms with Crippen LogP contribution in [0.3, 0.4) is 0 Å². The van der Waals surface area contributed by atoms with Gasteiger partial charge >= 0.3 is 0 Å². The summed E-state index contributed by atoms with van der Waals surface area (Å²) in [5, 5.41) is 0. The number of piperazine rings is 1. The fraction of sp³-hybridized carbons (Fsp3) is 0.579. The highest BCUT2D eigenvalue weighted by molar-refractivity contribution is 5.25. The Kier molecular flexibility index (Phi) is 5.10. The highest BCUT2D eigenvalue weighted by Crippen LogP contribution is 2.20. The third-order valence-corrected chi connectivity index (χ3v) is 5.01. The maximum atomic E-state index is 2.68. The van der Waals surface area contributed by atoms with Crippen LogP contribution in [0.4, 0.5) is 0 Å². The third-order valence-electron chi connectivity index (χ3n) is 5.01. The summed E-state index contributed by atoms with van der Waals surface area (Å²) in [6.45, 7) is 9.57. The first-order valence-corrected chi connectivity index (χ1v) is 8.45. The molecule has 0 saturated carbocycles. The molecule has 0 amide bonds. The number of aryl methyl sites for hydroxylation is 1. The van der Waals surface area contributed by atoms with E-state index in [2.05, 4.69) is 53.1 Å². The van der Waals surface area contributed by atoms with Gasteiger partial charge in [0.05, 0.1) is 0 Å². The van der Waals surface area contributed by atoms with Gasteiger partial charge in [0.25, 0.3) is 0 Å². The summed E-state index contributed by atoms with van der Waals surface area (Å²) in [5.41, 5.74) is 2.91. The van der Waals surface area contributed by atoms with Crippen LogP contribution in [0.5, 0.6) is 0 Å². The van der Waals surface area contributed by atoms with Gasteiger partial charge in [-0.15, -0.1) is 0 Å². The number of hydrogen-bond donors (Lipinski definition) is 0. The first kappa shape index (κ1) is 14.8. The molecule has 2 nitrogen and oxygen atoms in total. The molecule has 1 aliphatic heterocycles. The molecule has 3 rings (SSSR count). The molecule has 0 aromatic heterocycles. The Bertz CT molecular complexity index is 472. The van der Waals surface area contributed by atoms with Crippen LogP contribution >= 0.6 is 0 Å². The van der Waals surface area contributed by atoms with E-state index >= 15 is 0 Å². The standard InChI is InChI=1S/C19H28N2/c1-17-7-5-6-10-19(17)16-21-13-11-20(12-14-21)15-18-8-3-2-4-9-18/h2-3,5-7,10,18H,4,8-9,11-16H2,1H3/t18-/m1/s1. The summed E-state index contributed by atoms with van der Waals surface area (Å²) in [5.74, 6) is 0.901. The smallest absolute Gasteiger partial charge is 0.0237 e. The van der Waals surface area contributed by atoms with Crippen molar-refractivity contribution in [2.75, 3.05) is 32.7 Å². The van der Waals surface area contributed by atoms with Gasteiger partial charge in [-0.3, -0.25) is 4.90 Å². The minimum absolute atomic E-state index is 0.901. The number of nitrogens with zero attached hydrogens (tertiary/aromatic N) is 2. The molecule has 1 heterocycles.